The van der Waals surface area contributed by atoms with Gasteiger partial charge in [-0.1, -0.05) is 28.1 Å². The summed E-state index contributed by atoms with van der Waals surface area (Å²) >= 11 is 3.45. The second kappa shape index (κ2) is 5.81. The third-order valence-corrected chi connectivity index (χ3v) is 5.46. The fourth-order valence-electron chi connectivity index (χ4n) is 2.09. The second-order valence-corrected chi connectivity index (χ2v) is 7.78. The lowest BCUT2D eigenvalue weighted by Crippen LogP contribution is -2.31. The van der Waals surface area contributed by atoms with Crippen molar-refractivity contribution in [2.45, 2.75) is 23.8 Å². The molecule has 1 aliphatic carbocycles. The number of rotatable bonds is 6. The first-order valence-electron chi connectivity index (χ1n) is 6.32. The molecule has 4 nitrogen and oxygen atoms in total. The number of hydrogen-bond acceptors (Lipinski definition) is 3. The monoisotopic (exact) mass is 346 g/mol. The van der Waals surface area contributed by atoms with Gasteiger partial charge in [-0.15, -0.1) is 0 Å². The van der Waals surface area contributed by atoms with Gasteiger partial charge in [0.25, 0.3) is 0 Å². The molecule has 1 saturated carbocycles. The maximum absolute atomic E-state index is 12.4. The van der Waals surface area contributed by atoms with Crippen molar-refractivity contribution >= 4 is 31.6 Å². The van der Waals surface area contributed by atoms with Crippen molar-refractivity contribution in [1.82, 2.24) is 4.31 Å². The van der Waals surface area contributed by atoms with Crippen LogP contribution in [-0.2, 0) is 10.0 Å². The Kier molecular flexibility index (Phi) is 4.53. The van der Waals surface area contributed by atoms with Crippen molar-refractivity contribution in [2.75, 3.05) is 30.9 Å². The van der Waals surface area contributed by atoms with E-state index in [0.717, 1.165) is 30.4 Å². The Bertz CT molecular complexity index is 541. The van der Waals surface area contributed by atoms with Crippen LogP contribution in [0.25, 0.3) is 0 Å². The number of para-hydroxylation sites is 1. The Morgan fingerprint density at radius 3 is 2.42 bits per heavy atom. The molecule has 1 aromatic carbocycles. The van der Waals surface area contributed by atoms with Crippen LogP contribution in [0.3, 0.4) is 0 Å². The van der Waals surface area contributed by atoms with Gasteiger partial charge in [0.1, 0.15) is 4.90 Å². The lowest BCUT2D eigenvalue weighted by atomic mass is 10.3. The molecule has 0 bridgehead atoms. The average Bonchev–Trinajstić information content (AvgIpc) is 3.20. The van der Waals surface area contributed by atoms with Crippen molar-refractivity contribution in [3.05, 3.63) is 24.3 Å². The van der Waals surface area contributed by atoms with Crippen LogP contribution >= 0.6 is 15.9 Å². The molecule has 1 fully saturated rings. The Morgan fingerprint density at radius 1 is 1.26 bits per heavy atom. The molecule has 1 aliphatic rings. The van der Waals surface area contributed by atoms with Gasteiger partial charge in [-0.25, -0.2) is 12.7 Å². The first-order chi connectivity index (χ1) is 8.98. The Morgan fingerprint density at radius 2 is 1.89 bits per heavy atom. The molecule has 106 valence electrons. The number of nitrogens with zero attached hydrogens (tertiary/aromatic N) is 2. The normalized spacial score (nSPS) is 15.8. The summed E-state index contributed by atoms with van der Waals surface area (Å²) in [6, 6.07) is 7.74. The summed E-state index contributed by atoms with van der Waals surface area (Å²) in [6.45, 7) is 0.824. The summed E-state index contributed by atoms with van der Waals surface area (Å²) in [6.07, 6.45) is 2.28. The van der Waals surface area contributed by atoms with Gasteiger partial charge in [-0.3, -0.25) is 0 Å². The first kappa shape index (κ1) is 14.8. The second-order valence-electron chi connectivity index (χ2n) is 4.87. The van der Waals surface area contributed by atoms with Gasteiger partial charge >= 0.3 is 0 Å². The van der Waals surface area contributed by atoms with Crippen LogP contribution in [0.1, 0.15) is 12.8 Å². The lowest BCUT2D eigenvalue weighted by molar-refractivity contribution is 0.520. The zero-order valence-electron chi connectivity index (χ0n) is 11.2. The van der Waals surface area contributed by atoms with E-state index in [0.29, 0.717) is 10.9 Å². The van der Waals surface area contributed by atoms with Gasteiger partial charge in [0, 0.05) is 32.0 Å². The molecule has 0 unspecified atom stereocenters. The minimum atomic E-state index is -3.40. The summed E-state index contributed by atoms with van der Waals surface area (Å²) in [4.78, 5) is 2.60. The molecule has 0 atom stereocenters. The van der Waals surface area contributed by atoms with Crippen LogP contribution in [0.15, 0.2) is 29.2 Å². The van der Waals surface area contributed by atoms with E-state index in [9.17, 15) is 8.42 Å². The smallest absolute Gasteiger partial charge is 0.244 e. The van der Waals surface area contributed by atoms with Crippen LogP contribution in [-0.4, -0.2) is 44.7 Å². The highest BCUT2D eigenvalue weighted by atomic mass is 79.9. The molecular weight excluding hydrogens is 328 g/mol. The molecular formula is C13H19BrN2O2S. The van der Waals surface area contributed by atoms with E-state index in [2.05, 4.69) is 20.8 Å². The van der Waals surface area contributed by atoms with Gasteiger partial charge in [0.15, 0.2) is 0 Å². The Labute approximate surface area is 123 Å². The number of anilines is 1. The molecule has 0 aromatic heterocycles. The standard InChI is InChI=1S/C13H19BrN2O2S/c1-15(2)19(17,18)13-6-4-3-5-12(13)16(10-9-14)11-7-8-11/h3-6,11H,7-10H2,1-2H3. The van der Waals surface area contributed by atoms with E-state index in [1.165, 1.54) is 4.31 Å². The Balaban J connectivity index is 2.46. The van der Waals surface area contributed by atoms with Gasteiger partial charge in [0.2, 0.25) is 10.0 Å². The first-order valence-corrected chi connectivity index (χ1v) is 8.89. The highest BCUT2D eigenvalue weighted by Crippen LogP contribution is 2.35. The van der Waals surface area contributed by atoms with Crippen LogP contribution < -0.4 is 4.90 Å². The third-order valence-electron chi connectivity index (χ3n) is 3.25. The van der Waals surface area contributed by atoms with E-state index < -0.39 is 10.0 Å². The zero-order chi connectivity index (χ0) is 14.0. The summed E-state index contributed by atoms with van der Waals surface area (Å²) in [5, 5.41) is 0.833. The van der Waals surface area contributed by atoms with E-state index in [1.807, 2.05) is 12.1 Å². The third kappa shape index (κ3) is 3.12. The van der Waals surface area contributed by atoms with E-state index >= 15 is 0 Å². The molecule has 0 amide bonds. The topological polar surface area (TPSA) is 40.6 Å². The number of benzene rings is 1. The van der Waals surface area contributed by atoms with Crippen LogP contribution in [0.4, 0.5) is 5.69 Å². The number of alkyl halides is 1. The molecule has 0 radical (unpaired) electrons. The molecule has 1 aromatic rings. The molecule has 0 N–H and O–H groups in total. The van der Waals surface area contributed by atoms with E-state index in [4.69, 9.17) is 0 Å². The molecule has 2 rings (SSSR count). The van der Waals surface area contributed by atoms with Gasteiger partial charge in [-0.2, -0.15) is 0 Å². The molecule has 0 spiro atoms. The highest BCUT2D eigenvalue weighted by molar-refractivity contribution is 9.09. The van der Waals surface area contributed by atoms with Crippen LogP contribution in [0.5, 0.6) is 0 Å². The minimum Gasteiger partial charge on any atom is -0.367 e. The van der Waals surface area contributed by atoms with Crippen molar-refractivity contribution < 1.29 is 8.42 Å². The summed E-state index contributed by atoms with van der Waals surface area (Å²) < 4.78 is 26.1. The van der Waals surface area contributed by atoms with Crippen molar-refractivity contribution in [2.24, 2.45) is 0 Å². The number of hydrogen-bond donors (Lipinski definition) is 0. The maximum atomic E-state index is 12.4. The van der Waals surface area contributed by atoms with Gasteiger partial charge in [-0.05, 0) is 25.0 Å². The molecule has 19 heavy (non-hydrogen) atoms. The van der Waals surface area contributed by atoms with Crippen molar-refractivity contribution in [1.29, 1.82) is 0 Å². The minimum absolute atomic E-state index is 0.396. The fourth-order valence-corrected chi connectivity index (χ4v) is 3.56. The fraction of sp³-hybridized carbons (Fsp3) is 0.538. The summed E-state index contributed by atoms with van der Waals surface area (Å²) in [7, 11) is -0.265. The van der Waals surface area contributed by atoms with Crippen LogP contribution in [0.2, 0.25) is 0 Å². The van der Waals surface area contributed by atoms with Gasteiger partial charge in [0.05, 0.1) is 5.69 Å². The van der Waals surface area contributed by atoms with Crippen molar-refractivity contribution in [3.8, 4) is 0 Å². The largest absolute Gasteiger partial charge is 0.367 e. The quantitative estimate of drug-likeness (QED) is 0.742. The molecule has 6 heteroatoms. The molecule has 0 heterocycles. The Hall–Kier alpha value is -0.590. The maximum Gasteiger partial charge on any atom is 0.244 e. The molecule has 0 saturated heterocycles. The SMILES string of the molecule is CN(C)S(=O)(=O)c1ccccc1N(CCBr)C1CC1. The van der Waals surface area contributed by atoms with Crippen LogP contribution in [0, 0.1) is 0 Å². The predicted octanol–water partition coefficient (Wildman–Crippen LogP) is 2.30. The lowest BCUT2D eigenvalue weighted by Gasteiger charge is -2.27. The van der Waals surface area contributed by atoms with E-state index in [-0.39, 0.29) is 0 Å². The highest BCUT2D eigenvalue weighted by Gasteiger charge is 2.32. The average molecular weight is 347 g/mol. The summed E-state index contributed by atoms with van der Waals surface area (Å²) in [5.74, 6) is 0. The van der Waals surface area contributed by atoms with E-state index in [1.54, 1.807) is 26.2 Å². The molecule has 0 aliphatic heterocycles. The summed E-state index contributed by atoms with van der Waals surface area (Å²) in [5.41, 5.74) is 0.818. The predicted molar refractivity (Wildman–Crippen MR) is 81.5 cm³/mol. The van der Waals surface area contributed by atoms with Gasteiger partial charge < -0.3 is 4.90 Å². The van der Waals surface area contributed by atoms with Crippen molar-refractivity contribution in [3.63, 3.8) is 0 Å². The number of sulfonamides is 1. The number of halogens is 1. The zero-order valence-corrected chi connectivity index (χ0v) is 13.6.